The molecule has 1 amide bonds. The first-order valence-corrected chi connectivity index (χ1v) is 9.25. The van der Waals surface area contributed by atoms with Gasteiger partial charge in [-0.2, -0.15) is 0 Å². The lowest BCUT2D eigenvalue weighted by Gasteiger charge is -2.20. The van der Waals surface area contributed by atoms with E-state index in [9.17, 15) is 14.0 Å². The molecule has 0 aliphatic heterocycles. The minimum atomic E-state index is -0.593. The van der Waals surface area contributed by atoms with Crippen LogP contribution in [0, 0.1) is 5.82 Å². The number of rotatable bonds is 5. The molecule has 152 valence electrons. The summed E-state index contributed by atoms with van der Waals surface area (Å²) in [6, 6.07) is 13.2. The van der Waals surface area contributed by atoms with E-state index >= 15 is 0 Å². The maximum Gasteiger partial charge on any atom is 0.407 e. The Morgan fingerprint density at radius 1 is 1.10 bits per heavy atom. The average molecular weight is 398 g/mol. The van der Waals surface area contributed by atoms with E-state index in [1.807, 2.05) is 30.3 Å². The zero-order valence-corrected chi connectivity index (χ0v) is 16.5. The van der Waals surface area contributed by atoms with E-state index in [0.717, 1.165) is 5.56 Å². The fourth-order valence-corrected chi connectivity index (χ4v) is 2.85. The van der Waals surface area contributed by atoms with Gasteiger partial charge in [0.2, 0.25) is 0 Å². The molecule has 0 bridgehead atoms. The molecule has 0 saturated carbocycles. The Balaban J connectivity index is 1.88. The normalized spacial score (nSPS) is 11.3. The molecule has 0 fully saturated rings. The lowest BCUT2D eigenvalue weighted by Crippen LogP contribution is -2.34. The fraction of sp³-hybridized carbons (Fsp3) is 0.273. The average Bonchev–Trinajstić information content (AvgIpc) is 2.66. The number of carbonyl (C=O) groups excluding carboxylic acids is 1. The van der Waals surface area contributed by atoms with Crippen molar-refractivity contribution < 1.29 is 18.7 Å². The highest BCUT2D eigenvalue weighted by atomic mass is 19.1. The highest BCUT2D eigenvalue weighted by molar-refractivity contribution is 5.92. The lowest BCUT2D eigenvalue weighted by molar-refractivity contribution is 0.0520. The molecular formula is C22H23FN2O4. The number of nitrogens with one attached hydrogen (secondary N) is 2. The van der Waals surface area contributed by atoms with Crippen molar-refractivity contribution >= 4 is 16.9 Å². The largest absolute Gasteiger partial charge is 0.489 e. The summed E-state index contributed by atoms with van der Waals surface area (Å²) in [4.78, 5) is 27.0. The van der Waals surface area contributed by atoms with E-state index in [0.29, 0.717) is 16.8 Å². The van der Waals surface area contributed by atoms with Gasteiger partial charge in [-0.25, -0.2) is 9.18 Å². The molecule has 1 heterocycles. The molecule has 0 unspecified atom stereocenters. The fourth-order valence-electron chi connectivity index (χ4n) is 2.85. The van der Waals surface area contributed by atoms with Gasteiger partial charge in [0.15, 0.2) is 5.75 Å². The van der Waals surface area contributed by atoms with Gasteiger partial charge in [0.25, 0.3) is 5.56 Å². The number of amides is 1. The number of carbonyl (C=O) groups is 1. The van der Waals surface area contributed by atoms with Crippen molar-refractivity contribution in [2.24, 2.45) is 0 Å². The number of pyridine rings is 1. The van der Waals surface area contributed by atoms with Gasteiger partial charge in [0.1, 0.15) is 18.0 Å². The Kier molecular flexibility index (Phi) is 5.87. The smallest absolute Gasteiger partial charge is 0.407 e. The summed E-state index contributed by atoms with van der Waals surface area (Å²) in [5.74, 6) is -0.0928. The maximum absolute atomic E-state index is 13.6. The summed E-state index contributed by atoms with van der Waals surface area (Å²) in [5, 5.41) is 3.31. The van der Waals surface area contributed by atoms with Crippen molar-refractivity contribution in [3.8, 4) is 17.0 Å². The van der Waals surface area contributed by atoms with Crippen LogP contribution in [0.3, 0.4) is 0 Å². The van der Waals surface area contributed by atoms with E-state index in [-0.39, 0.29) is 18.5 Å². The molecule has 6 nitrogen and oxygen atoms in total. The van der Waals surface area contributed by atoms with Gasteiger partial charge < -0.3 is 19.8 Å². The maximum atomic E-state index is 13.6. The number of benzene rings is 2. The minimum Gasteiger partial charge on any atom is -0.489 e. The number of ether oxygens (including phenoxy) is 2. The van der Waals surface area contributed by atoms with E-state index < -0.39 is 23.1 Å². The zero-order valence-electron chi connectivity index (χ0n) is 16.5. The molecule has 3 rings (SSSR count). The first kappa shape index (κ1) is 20.4. The first-order valence-electron chi connectivity index (χ1n) is 9.25. The van der Waals surface area contributed by atoms with Crippen LogP contribution in [0.1, 0.15) is 20.8 Å². The van der Waals surface area contributed by atoms with Gasteiger partial charge in [-0.1, -0.05) is 30.3 Å². The first-order chi connectivity index (χ1) is 13.7. The molecular weight excluding hydrogens is 375 g/mol. The number of fused-ring (bicyclic) bond motifs is 1. The van der Waals surface area contributed by atoms with Crippen LogP contribution in [0.4, 0.5) is 9.18 Å². The van der Waals surface area contributed by atoms with Gasteiger partial charge in [-0.15, -0.1) is 0 Å². The van der Waals surface area contributed by atoms with Gasteiger partial charge in [0, 0.05) is 10.9 Å². The van der Waals surface area contributed by atoms with E-state index in [2.05, 4.69) is 10.3 Å². The van der Waals surface area contributed by atoms with E-state index in [4.69, 9.17) is 9.47 Å². The summed E-state index contributed by atoms with van der Waals surface area (Å²) in [6.07, 6.45) is -0.544. The third-order valence-electron chi connectivity index (χ3n) is 4.02. The van der Waals surface area contributed by atoms with Crippen molar-refractivity contribution in [1.29, 1.82) is 0 Å². The Bertz CT molecular complexity index is 1070. The monoisotopic (exact) mass is 398 g/mol. The van der Waals surface area contributed by atoms with Gasteiger partial charge in [-0.3, -0.25) is 4.79 Å². The number of H-pyrrole nitrogens is 1. The number of hydrogen-bond donors (Lipinski definition) is 2. The number of aromatic amines is 1. The molecule has 2 N–H and O–H groups in total. The molecule has 0 spiro atoms. The van der Waals surface area contributed by atoms with Crippen LogP contribution in [-0.4, -0.2) is 29.8 Å². The molecule has 0 aliphatic carbocycles. The molecule has 0 atom stereocenters. The van der Waals surface area contributed by atoms with Crippen LogP contribution in [0.15, 0.2) is 53.3 Å². The summed E-state index contributed by atoms with van der Waals surface area (Å²) >= 11 is 0. The Morgan fingerprint density at radius 2 is 1.83 bits per heavy atom. The van der Waals surface area contributed by atoms with E-state index in [1.165, 1.54) is 18.2 Å². The van der Waals surface area contributed by atoms with E-state index in [1.54, 1.807) is 20.8 Å². The van der Waals surface area contributed by atoms with Crippen molar-refractivity contribution in [3.63, 3.8) is 0 Å². The second kappa shape index (κ2) is 8.34. The van der Waals surface area contributed by atoms with Crippen molar-refractivity contribution in [3.05, 3.63) is 64.7 Å². The molecule has 0 saturated heterocycles. The van der Waals surface area contributed by atoms with Crippen molar-refractivity contribution in [2.75, 3.05) is 13.2 Å². The number of hydrogen-bond acceptors (Lipinski definition) is 4. The highest BCUT2D eigenvalue weighted by Crippen LogP contribution is 2.33. The number of alkyl carbamates (subject to hydrolysis) is 1. The molecule has 0 radical (unpaired) electrons. The molecule has 3 aromatic rings. The third kappa shape index (κ3) is 5.13. The van der Waals surface area contributed by atoms with Crippen molar-refractivity contribution in [2.45, 2.75) is 26.4 Å². The number of halogens is 1. The summed E-state index contributed by atoms with van der Waals surface area (Å²) in [7, 11) is 0. The second-order valence-electron chi connectivity index (χ2n) is 7.49. The van der Waals surface area contributed by atoms with Crippen LogP contribution in [-0.2, 0) is 4.74 Å². The molecule has 29 heavy (non-hydrogen) atoms. The van der Waals surface area contributed by atoms with Crippen LogP contribution in [0.2, 0.25) is 0 Å². The quantitative estimate of drug-likeness (QED) is 0.630. The Labute approximate surface area is 167 Å². The van der Waals surface area contributed by atoms with Gasteiger partial charge >= 0.3 is 6.09 Å². The molecule has 1 aromatic heterocycles. The van der Waals surface area contributed by atoms with Crippen LogP contribution >= 0.6 is 0 Å². The van der Waals surface area contributed by atoms with Crippen molar-refractivity contribution in [1.82, 2.24) is 10.3 Å². The zero-order chi connectivity index (χ0) is 21.0. The minimum absolute atomic E-state index is 0.137. The third-order valence-corrected chi connectivity index (χ3v) is 4.02. The number of aromatic nitrogens is 1. The van der Waals surface area contributed by atoms with Gasteiger partial charge in [-0.05, 0) is 39.0 Å². The molecule has 0 aliphatic rings. The second-order valence-corrected chi connectivity index (χ2v) is 7.49. The molecule has 2 aromatic carbocycles. The van der Waals surface area contributed by atoms with Crippen LogP contribution in [0.25, 0.3) is 22.0 Å². The Morgan fingerprint density at radius 3 is 2.52 bits per heavy atom. The summed E-state index contributed by atoms with van der Waals surface area (Å²) in [5.41, 5.74) is 0.250. The highest BCUT2D eigenvalue weighted by Gasteiger charge is 2.17. The SMILES string of the molecule is CC(C)(C)OC(=O)NCCOc1c(-c2ccccc2)[nH]c(=O)c2cc(F)ccc12. The summed E-state index contributed by atoms with van der Waals surface area (Å²) in [6.45, 7) is 5.67. The lowest BCUT2D eigenvalue weighted by atomic mass is 10.1. The summed E-state index contributed by atoms with van der Waals surface area (Å²) < 4.78 is 24.8. The van der Waals surface area contributed by atoms with Gasteiger partial charge in [0.05, 0.1) is 17.6 Å². The standard InChI is InChI=1S/C22H23FN2O4/c1-22(2,3)29-21(27)24-11-12-28-19-16-10-9-15(23)13-17(16)20(26)25-18(19)14-7-5-4-6-8-14/h4-10,13H,11-12H2,1-3H3,(H,24,27)(H,25,26). The Hall–Kier alpha value is -3.35. The topological polar surface area (TPSA) is 80.4 Å². The predicted octanol–water partition coefficient (Wildman–Crippen LogP) is 4.24. The van der Waals surface area contributed by atoms with Crippen LogP contribution < -0.4 is 15.6 Å². The van der Waals surface area contributed by atoms with Crippen LogP contribution in [0.5, 0.6) is 5.75 Å². The predicted molar refractivity (Wildman–Crippen MR) is 110 cm³/mol. The molecule has 7 heteroatoms.